The molecule has 154 valence electrons. The number of hydrogen-bond acceptors (Lipinski definition) is 4. The Labute approximate surface area is 169 Å². The van der Waals surface area contributed by atoms with Gasteiger partial charge in [-0.3, -0.25) is 9.59 Å². The fourth-order valence-electron chi connectivity index (χ4n) is 7.50. The van der Waals surface area contributed by atoms with Crippen molar-refractivity contribution in [1.29, 1.82) is 0 Å². The van der Waals surface area contributed by atoms with Crippen molar-refractivity contribution >= 4 is 24.0 Å². The lowest BCUT2D eigenvalue weighted by Crippen LogP contribution is -2.42. The zero-order valence-electron chi connectivity index (χ0n) is 17.7. The summed E-state index contributed by atoms with van der Waals surface area (Å²) in [6, 6.07) is 0. The lowest BCUT2D eigenvalue weighted by molar-refractivity contribution is -0.148. The van der Waals surface area contributed by atoms with Gasteiger partial charge in [-0.2, -0.15) is 5.06 Å². The highest BCUT2D eigenvalue weighted by molar-refractivity contribution is 5.92. The number of fused-ring (bicyclic) bond motifs is 4. The van der Waals surface area contributed by atoms with E-state index < -0.39 is 0 Å². The second kappa shape index (κ2) is 6.03. The van der Waals surface area contributed by atoms with Gasteiger partial charge in [-0.25, -0.2) is 0 Å². The van der Waals surface area contributed by atoms with E-state index in [1.807, 2.05) is 0 Å². The molecule has 0 amide bonds. The Morgan fingerprint density at radius 2 is 1.15 bits per heavy atom. The predicted octanol–water partition coefficient (Wildman–Crippen LogP) is 4.38. The third-order valence-corrected chi connectivity index (χ3v) is 10.2. The summed E-state index contributed by atoms with van der Waals surface area (Å²) in [5, 5.41) is 12.0. The highest BCUT2D eigenvalue weighted by Gasteiger charge is 2.67. The van der Waals surface area contributed by atoms with E-state index in [1.165, 1.54) is 5.06 Å². The van der Waals surface area contributed by atoms with E-state index in [9.17, 15) is 14.8 Å². The molecule has 0 radical (unpaired) electrons. The predicted molar refractivity (Wildman–Crippen MR) is 107 cm³/mol. The van der Waals surface area contributed by atoms with Crippen LogP contribution in [0, 0.1) is 45.3 Å². The maximum atomic E-state index is 13.0. The minimum Gasteiger partial charge on any atom is -0.314 e. The molecule has 4 saturated carbocycles. The largest absolute Gasteiger partial charge is 0.314 e. The van der Waals surface area contributed by atoms with Gasteiger partial charge in [-0.05, 0) is 48.3 Å². The molecular formula is C22H36ClNO3. The van der Waals surface area contributed by atoms with Gasteiger partial charge >= 0.3 is 0 Å². The van der Waals surface area contributed by atoms with E-state index in [2.05, 4.69) is 41.5 Å². The lowest BCUT2D eigenvalue weighted by atomic mass is 9.70. The highest BCUT2D eigenvalue weighted by Crippen LogP contribution is 2.67. The van der Waals surface area contributed by atoms with Gasteiger partial charge in [0.15, 0.2) is 0 Å². The Bertz CT molecular complexity index is 618. The summed E-state index contributed by atoms with van der Waals surface area (Å²) in [7, 11) is 0. The molecule has 1 N–H and O–H groups in total. The minimum absolute atomic E-state index is 0. The quantitative estimate of drug-likeness (QED) is 0.715. The third-order valence-electron chi connectivity index (χ3n) is 10.2. The SMILES string of the molecule is CC12CCC(C(CN(O)CC3C(=O)C4(C)CCC3C4(C)C)C1=O)C2(C)C.Cl. The summed E-state index contributed by atoms with van der Waals surface area (Å²) in [4.78, 5) is 26.0. The summed E-state index contributed by atoms with van der Waals surface area (Å²) in [5.74, 6) is 1.16. The van der Waals surface area contributed by atoms with Crippen LogP contribution < -0.4 is 0 Å². The van der Waals surface area contributed by atoms with Crippen LogP contribution in [0.4, 0.5) is 0 Å². The van der Waals surface area contributed by atoms with E-state index in [1.54, 1.807) is 0 Å². The van der Waals surface area contributed by atoms with Gasteiger partial charge in [0.2, 0.25) is 0 Å². The average Bonchev–Trinajstić information content (AvgIpc) is 3.02. The van der Waals surface area contributed by atoms with Crippen LogP contribution in [0.3, 0.4) is 0 Å². The van der Waals surface area contributed by atoms with Crippen molar-refractivity contribution in [3.63, 3.8) is 0 Å². The molecule has 5 heteroatoms. The monoisotopic (exact) mass is 397 g/mol. The van der Waals surface area contributed by atoms with Crippen molar-refractivity contribution in [3.05, 3.63) is 0 Å². The number of halogens is 1. The van der Waals surface area contributed by atoms with Crippen LogP contribution in [-0.4, -0.2) is 34.9 Å². The molecule has 0 saturated heterocycles. The number of carbonyl (C=O) groups excluding carboxylic acids is 2. The topological polar surface area (TPSA) is 57.6 Å². The first kappa shape index (κ1) is 21.3. The van der Waals surface area contributed by atoms with Gasteiger partial charge < -0.3 is 5.21 Å². The summed E-state index contributed by atoms with van der Waals surface area (Å²) in [5.41, 5.74) is -0.484. The second-order valence-corrected chi connectivity index (χ2v) is 11.2. The van der Waals surface area contributed by atoms with Crippen molar-refractivity contribution in [1.82, 2.24) is 5.06 Å². The molecule has 0 spiro atoms. The van der Waals surface area contributed by atoms with Gasteiger partial charge in [0.1, 0.15) is 11.6 Å². The van der Waals surface area contributed by atoms with Crippen molar-refractivity contribution < 1.29 is 14.8 Å². The number of Topliss-reactive ketones (excluding diaryl/α,β-unsaturated/α-hetero) is 2. The molecule has 4 rings (SSSR count). The smallest absolute Gasteiger partial charge is 0.144 e. The van der Waals surface area contributed by atoms with Crippen molar-refractivity contribution in [3.8, 4) is 0 Å². The van der Waals surface area contributed by atoms with Crippen molar-refractivity contribution in [2.24, 2.45) is 45.3 Å². The molecule has 4 aliphatic rings. The third kappa shape index (κ3) is 2.36. The van der Waals surface area contributed by atoms with Gasteiger partial charge in [0, 0.05) is 35.8 Å². The molecule has 0 heterocycles. The average molecular weight is 398 g/mol. The summed E-state index contributed by atoms with van der Waals surface area (Å²) in [6.45, 7) is 13.9. The van der Waals surface area contributed by atoms with Crippen LogP contribution >= 0.6 is 12.4 Å². The van der Waals surface area contributed by atoms with Gasteiger partial charge in [0.05, 0.1) is 0 Å². The van der Waals surface area contributed by atoms with Crippen LogP contribution in [0.2, 0.25) is 0 Å². The lowest BCUT2D eigenvalue weighted by Gasteiger charge is -2.32. The summed E-state index contributed by atoms with van der Waals surface area (Å²) >= 11 is 0. The highest BCUT2D eigenvalue weighted by atomic mass is 35.5. The number of rotatable bonds is 4. The molecule has 0 aliphatic heterocycles. The Morgan fingerprint density at radius 1 is 0.815 bits per heavy atom. The first-order valence-electron chi connectivity index (χ1n) is 10.4. The van der Waals surface area contributed by atoms with Crippen LogP contribution in [-0.2, 0) is 9.59 Å². The van der Waals surface area contributed by atoms with Crippen molar-refractivity contribution in [2.75, 3.05) is 13.1 Å². The van der Waals surface area contributed by atoms with Gasteiger partial charge in [-0.15, -0.1) is 12.4 Å². The van der Waals surface area contributed by atoms with Crippen molar-refractivity contribution in [2.45, 2.75) is 67.2 Å². The molecule has 4 bridgehead atoms. The Morgan fingerprint density at radius 3 is 1.41 bits per heavy atom. The van der Waals surface area contributed by atoms with Crippen LogP contribution in [0.15, 0.2) is 0 Å². The first-order valence-corrected chi connectivity index (χ1v) is 10.4. The van der Waals surface area contributed by atoms with Gasteiger partial charge in [0.25, 0.3) is 0 Å². The number of carbonyl (C=O) groups is 2. The molecule has 4 aliphatic carbocycles. The standard InChI is InChI=1S/C22H35NO3.ClH/c1-19(2)15-7-9-21(19,5)17(24)13(15)11-23(26)12-14-16-8-10-22(6,18(14)25)20(16,3)4;/h13-16,26H,7-12H2,1-6H3;1H. The Balaban J connectivity index is 0.00000210. The number of nitrogens with zero attached hydrogens (tertiary/aromatic N) is 1. The zero-order chi connectivity index (χ0) is 19.3. The number of hydroxylamine groups is 2. The number of ketones is 2. The molecule has 6 atom stereocenters. The van der Waals surface area contributed by atoms with Crippen LogP contribution in [0.1, 0.15) is 67.2 Å². The summed E-state index contributed by atoms with van der Waals surface area (Å²) < 4.78 is 0. The van der Waals surface area contributed by atoms with Gasteiger partial charge in [-0.1, -0.05) is 41.5 Å². The van der Waals surface area contributed by atoms with Crippen LogP contribution in [0.25, 0.3) is 0 Å². The molecule has 4 nitrogen and oxygen atoms in total. The Kier molecular flexibility index (Phi) is 4.75. The summed E-state index contributed by atoms with van der Waals surface area (Å²) in [6.07, 6.45) is 4.09. The normalized spacial score (nSPS) is 46.4. The van der Waals surface area contributed by atoms with E-state index in [0.717, 1.165) is 25.7 Å². The zero-order valence-corrected chi connectivity index (χ0v) is 18.5. The Hall–Kier alpha value is -0.450. The maximum absolute atomic E-state index is 13.0. The fourth-order valence-corrected chi connectivity index (χ4v) is 7.50. The first-order chi connectivity index (χ1) is 11.9. The fraction of sp³-hybridized carbons (Fsp3) is 0.909. The molecule has 27 heavy (non-hydrogen) atoms. The molecular weight excluding hydrogens is 362 g/mol. The van der Waals surface area contributed by atoms with E-state index in [4.69, 9.17) is 0 Å². The van der Waals surface area contributed by atoms with E-state index >= 15 is 0 Å². The second-order valence-electron chi connectivity index (χ2n) is 11.2. The molecule has 0 aromatic carbocycles. The minimum atomic E-state index is -0.249. The van der Waals surface area contributed by atoms with Crippen LogP contribution in [0.5, 0.6) is 0 Å². The van der Waals surface area contributed by atoms with E-state index in [0.29, 0.717) is 36.5 Å². The van der Waals surface area contributed by atoms with E-state index in [-0.39, 0.29) is 45.9 Å². The maximum Gasteiger partial charge on any atom is 0.144 e. The molecule has 0 aromatic heterocycles. The number of hydrogen-bond donors (Lipinski definition) is 1. The molecule has 0 aromatic rings. The molecule has 6 unspecified atom stereocenters. The molecule has 4 fully saturated rings.